The first-order valence-corrected chi connectivity index (χ1v) is 9.10. The largest absolute Gasteiger partial charge is 0.433 e. The molecule has 4 rings (SSSR count). The first-order valence-electron chi connectivity index (χ1n) is 8.34. The molecule has 0 aliphatic heterocycles. The van der Waals surface area contributed by atoms with Crippen molar-refractivity contribution in [1.29, 1.82) is 0 Å². The number of halogens is 5. The van der Waals surface area contributed by atoms with Crippen molar-refractivity contribution in [3.8, 4) is 34.0 Å². The molecule has 0 aliphatic rings. The van der Waals surface area contributed by atoms with Gasteiger partial charge < -0.3 is 0 Å². The highest BCUT2D eigenvalue weighted by molar-refractivity contribution is 6.42. The van der Waals surface area contributed by atoms with Crippen molar-refractivity contribution in [2.75, 3.05) is 0 Å². The number of hydrogen-bond donors (Lipinski definition) is 1. The first kappa shape index (κ1) is 19.4. The number of aromatic amines is 1. The second-order valence-corrected chi connectivity index (χ2v) is 6.94. The first-order chi connectivity index (χ1) is 13.8. The topological polar surface area (TPSA) is 54.5 Å². The van der Waals surface area contributed by atoms with Crippen molar-refractivity contribution in [2.24, 2.45) is 0 Å². The fourth-order valence-corrected chi connectivity index (χ4v) is 3.01. The van der Waals surface area contributed by atoms with Crippen molar-refractivity contribution in [1.82, 2.24) is 20.2 Å². The third kappa shape index (κ3) is 4.11. The monoisotopic (exact) mass is 434 g/mol. The number of rotatable bonds is 3. The Morgan fingerprint density at radius 3 is 2.21 bits per heavy atom. The molecular formula is C20H11Cl2F3N4. The van der Waals surface area contributed by atoms with Gasteiger partial charge in [0.25, 0.3) is 0 Å². The molecule has 0 saturated carbocycles. The van der Waals surface area contributed by atoms with E-state index in [0.717, 1.165) is 11.6 Å². The number of H-pyrrole nitrogens is 1. The Bertz CT molecular complexity index is 1170. The average Bonchev–Trinajstić information content (AvgIpc) is 3.20. The minimum atomic E-state index is -4.65. The van der Waals surface area contributed by atoms with Crippen LogP contribution in [-0.4, -0.2) is 20.2 Å². The molecule has 0 amide bonds. The summed E-state index contributed by atoms with van der Waals surface area (Å²) < 4.78 is 40.3. The van der Waals surface area contributed by atoms with Gasteiger partial charge >= 0.3 is 6.18 Å². The van der Waals surface area contributed by atoms with Gasteiger partial charge in [0.05, 0.1) is 21.4 Å². The van der Waals surface area contributed by atoms with Crippen LogP contribution in [0.25, 0.3) is 34.0 Å². The molecule has 0 bridgehead atoms. The summed E-state index contributed by atoms with van der Waals surface area (Å²) in [4.78, 5) is 7.96. The SMILES string of the molecule is FC(F)(F)c1cc(-c2ccc(Cl)c(Cl)c2)nc(-c2cc(-c3ccccc3)n[nH]2)n1. The second-order valence-electron chi connectivity index (χ2n) is 6.12. The molecule has 0 fully saturated rings. The highest BCUT2D eigenvalue weighted by Crippen LogP contribution is 2.34. The van der Waals surface area contributed by atoms with Gasteiger partial charge in [-0.15, -0.1) is 0 Å². The average molecular weight is 435 g/mol. The molecular weight excluding hydrogens is 424 g/mol. The van der Waals surface area contributed by atoms with Crippen LogP contribution in [0.4, 0.5) is 13.2 Å². The Labute approximate surface area is 173 Å². The van der Waals surface area contributed by atoms with E-state index in [1.807, 2.05) is 30.3 Å². The van der Waals surface area contributed by atoms with Gasteiger partial charge in [-0.05, 0) is 24.3 Å². The molecule has 2 heterocycles. The van der Waals surface area contributed by atoms with E-state index in [4.69, 9.17) is 23.2 Å². The quantitative estimate of drug-likeness (QED) is 0.398. The fourth-order valence-electron chi connectivity index (χ4n) is 2.71. The lowest BCUT2D eigenvalue weighted by Crippen LogP contribution is -2.10. The fraction of sp³-hybridized carbons (Fsp3) is 0.0500. The van der Waals surface area contributed by atoms with E-state index in [1.165, 1.54) is 12.1 Å². The van der Waals surface area contributed by atoms with Gasteiger partial charge in [-0.2, -0.15) is 18.3 Å². The zero-order chi connectivity index (χ0) is 20.6. The zero-order valence-electron chi connectivity index (χ0n) is 14.5. The lowest BCUT2D eigenvalue weighted by Gasteiger charge is -2.10. The van der Waals surface area contributed by atoms with Gasteiger partial charge in [0.1, 0.15) is 11.4 Å². The van der Waals surface area contributed by atoms with Crippen LogP contribution in [0.2, 0.25) is 10.0 Å². The van der Waals surface area contributed by atoms with Crippen LogP contribution in [0.5, 0.6) is 0 Å². The van der Waals surface area contributed by atoms with Crippen molar-refractivity contribution < 1.29 is 13.2 Å². The van der Waals surface area contributed by atoms with E-state index in [9.17, 15) is 13.2 Å². The summed E-state index contributed by atoms with van der Waals surface area (Å²) in [5, 5.41) is 7.37. The van der Waals surface area contributed by atoms with Crippen LogP contribution in [0.15, 0.2) is 60.7 Å². The Morgan fingerprint density at radius 1 is 0.759 bits per heavy atom. The summed E-state index contributed by atoms with van der Waals surface area (Å²) in [6, 6.07) is 16.2. The van der Waals surface area contributed by atoms with E-state index in [2.05, 4.69) is 20.2 Å². The lowest BCUT2D eigenvalue weighted by atomic mass is 10.1. The number of hydrogen-bond acceptors (Lipinski definition) is 3. The van der Waals surface area contributed by atoms with Gasteiger partial charge in [-0.3, -0.25) is 5.10 Å². The summed E-state index contributed by atoms with van der Waals surface area (Å²) in [5.74, 6) is -0.129. The summed E-state index contributed by atoms with van der Waals surface area (Å²) >= 11 is 11.9. The van der Waals surface area contributed by atoms with Gasteiger partial charge in [0.15, 0.2) is 5.82 Å². The number of nitrogens with zero attached hydrogens (tertiary/aromatic N) is 3. The van der Waals surface area contributed by atoms with Crippen LogP contribution in [0.3, 0.4) is 0 Å². The standard InChI is InChI=1S/C20H11Cl2F3N4/c21-13-7-6-12(8-14(13)22)15-10-18(20(23,24)25)27-19(26-15)17-9-16(28-29-17)11-4-2-1-3-5-11/h1-10H,(H,28,29). The molecule has 2 aromatic carbocycles. The molecule has 1 N–H and O–H groups in total. The van der Waals surface area contributed by atoms with Gasteiger partial charge in [0, 0.05) is 11.1 Å². The summed E-state index contributed by atoms with van der Waals surface area (Å²) in [6.45, 7) is 0. The number of alkyl halides is 3. The molecule has 146 valence electrons. The van der Waals surface area contributed by atoms with Crippen LogP contribution < -0.4 is 0 Å². The molecule has 0 radical (unpaired) electrons. The van der Waals surface area contributed by atoms with E-state index in [0.29, 0.717) is 16.3 Å². The normalized spacial score (nSPS) is 11.6. The van der Waals surface area contributed by atoms with Gasteiger partial charge in [-0.25, -0.2) is 9.97 Å². The third-order valence-corrected chi connectivity index (χ3v) is 4.86. The van der Waals surface area contributed by atoms with Crippen molar-refractivity contribution in [2.45, 2.75) is 6.18 Å². The molecule has 29 heavy (non-hydrogen) atoms. The Kier molecular flexibility index (Phi) is 5.02. The molecule has 0 spiro atoms. The molecule has 9 heteroatoms. The van der Waals surface area contributed by atoms with Gasteiger partial charge in [0.2, 0.25) is 0 Å². The second kappa shape index (κ2) is 7.50. The van der Waals surface area contributed by atoms with Crippen LogP contribution in [0, 0.1) is 0 Å². The van der Waals surface area contributed by atoms with Crippen LogP contribution >= 0.6 is 23.2 Å². The predicted octanol–water partition coefficient (Wildman–Crippen LogP) is 6.53. The molecule has 4 nitrogen and oxygen atoms in total. The lowest BCUT2D eigenvalue weighted by molar-refractivity contribution is -0.141. The maximum atomic E-state index is 13.4. The summed E-state index contributed by atoms with van der Waals surface area (Å²) in [5.41, 5.74) is 1.02. The van der Waals surface area contributed by atoms with Crippen molar-refractivity contribution in [3.05, 3.63) is 76.4 Å². The number of aromatic nitrogens is 4. The Hall–Kier alpha value is -2.90. The Balaban J connectivity index is 1.83. The van der Waals surface area contributed by atoms with Gasteiger partial charge in [-0.1, -0.05) is 59.6 Å². The maximum absolute atomic E-state index is 13.4. The maximum Gasteiger partial charge on any atom is 0.433 e. The summed E-state index contributed by atoms with van der Waals surface area (Å²) in [7, 11) is 0. The zero-order valence-corrected chi connectivity index (χ0v) is 16.0. The number of nitrogens with one attached hydrogen (secondary N) is 1. The van der Waals surface area contributed by atoms with Crippen LogP contribution in [0.1, 0.15) is 5.69 Å². The highest BCUT2D eigenvalue weighted by atomic mass is 35.5. The van der Waals surface area contributed by atoms with Crippen molar-refractivity contribution >= 4 is 23.2 Å². The molecule has 4 aromatic rings. The summed E-state index contributed by atoms with van der Waals surface area (Å²) in [6.07, 6.45) is -4.65. The smallest absolute Gasteiger partial charge is 0.274 e. The minimum Gasteiger partial charge on any atom is -0.274 e. The molecule has 0 atom stereocenters. The van der Waals surface area contributed by atoms with E-state index in [-0.39, 0.29) is 22.2 Å². The van der Waals surface area contributed by atoms with Crippen molar-refractivity contribution in [3.63, 3.8) is 0 Å². The Morgan fingerprint density at radius 2 is 1.52 bits per heavy atom. The minimum absolute atomic E-state index is 0.0664. The predicted molar refractivity (Wildman–Crippen MR) is 106 cm³/mol. The molecule has 0 aliphatic carbocycles. The van der Waals surface area contributed by atoms with E-state index < -0.39 is 11.9 Å². The molecule has 2 aromatic heterocycles. The number of benzene rings is 2. The molecule has 0 saturated heterocycles. The third-order valence-electron chi connectivity index (χ3n) is 4.12. The molecule has 0 unspecified atom stereocenters. The van der Waals surface area contributed by atoms with E-state index in [1.54, 1.807) is 12.1 Å². The van der Waals surface area contributed by atoms with Crippen LogP contribution in [-0.2, 0) is 6.18 Å². The highest BCUT2D eigenvalue weighted by Gasteiger charge is 2.34. The van der Waals surface area contributed by atoms with E-state index >= 15 is 0 Å².